The number of fused-ring (bicyclic) bond motifs is 1. The van der Waals surface area contributed by atoms with E-state index in [1.807, 2.05) is 23.9 Å². The Morgan fingerprint density at radius 3 is 2.67 bits per heavy atom. The summed E-state index contributed by atoms with van der Waals surface area (Å²) in [6, 6.07) is 4.25. The van der Waals surface area contributed by atoms with E-state index in [4.69, 9.17) is 23.2 Å². The van der Waals surface area contributed by atoms with Gasteiger partial charge in [0.2, 0.25) is 5.91 Å². The molecule has 27 heavy (non-hydrogen) atoms. The summed E-state index contributed by atoms with van der Waals surface area (Å²) in [6.07, 6.45) is 6.89. The van der Waals surface area contributed by atoms with Gasteiger partial charge in [0, 0.05) is 24.6 Å². The van der Waals surface area contributed by atoms with Crippen LogP contribution in [0.25, 0.3) is 0 Å². The molecule has 3 nitrogen and oxygen atoms in total. The highest BCUT2D eigenvalue weighted by Crippen LogP contribution is 2.38. The highest BCUT2D eigenvalue weighted by Gasteiger charge is 2.35. The number of aryl methyl sites for hydroxylation is 1. The van der Waals surface area contributed by atoms with Crippen molar-refractivity contribution in [2.45, 2.75) is 50.5 Å². The molecular weight excluding hydrogens is 399 g/mol. The maximum Gasteiger partial charge on any atom is 0.230 e. The summed E-state index contributed by atoms with van der Waals surface area (Å²) < 4.78 is 0. The fourth-order valence-corrected chi connectivity index (χ4v) is 6.20. The highest BCUT2D eigenvalue weighted by molar-refractivity contribution is 7.99. The Hall–Kier alpha value is -0.420. The van der Waals surface area contributed by atoms with Crippen molar-refractivity contribution < 1.29 is 4.79 Å². The van der Waals surface area contributed by atoms with E-state index in [1.165, 1.54) is 37.9 Å². The van der Waals surface area contributed by atoms with E-state index >= 15 is 0 Å². The number of carbonyl (C=O) groups excluding carboxylic acids is 1. The fraction of sp³-hybridized carbons (Fsp3) is 0.667. The summed E-state index contributed by atoms with van der Waals surface area (Å²) >= 11 is 14.5. The van der Waals surface area contributed by atoms with Gasteiger partial charge >= 0.3 is 0 Å². The third-order valence-corrected chi connectivity index (χ3v) is 8.04. The zero-order valence-corrected chi connectivity index (χ0v) is 18.1. The third-order valence-electron chi connectivity index (χ3n) is 6.22. The molecule has 2 fully saturated rings. The second-order valence-electron chi connectivity index (χ2n) is 8.03. The Balaban J connectivity index is 1.53. The first kappa shape index (κ1) is 19.9. The molecule has 1 amide bonds. The summed E-state index contributed by atoms with van der Waals surface area (Å²) in [5.74, 6) is 2.35. The smallest absolute Gasteiger partial charge is 0.230 e. The lowest BCUT2D eigenvalue weighted by Gasteiger charge is -2.41. The molecule has 2 atom stereocenters. The molecule has 0 spiro atoms. The predicted octanol–water partition coefficient (Wildman–Crippen LogP) is 4.84. The minimum Gasteiger partial charge on any atom is -0.336 e. The fourth-order valence-electron chi connectivity index (χ4n) is 4.79. The Bertz CT molecular complexity index is 693. The van der Waals surface area contributed by atoms with Crippen LogP contribution in [0, 0.1) is 0 Å². The molecule has 1 aliphatic carbocycles. The average Bonchev–Trinajstić information content (AvgIpc) is 2.69. The molecule has 2 heterocycles. The van der Waals surface area contributed by atoms with Gasteiger partial charge in [0.25, 0.3) is 0 Å². The van der Waals surface area contributed by atoms with Crippen LogP contribution in [-0.4, -0.2) is 59.4 Å². The van der Waals surface area contributed by atoms with E-state index in [2.05, 4.69) is 9.80 Å². The number of benzene rings is 1. The van der Waals surface area contributed by atoms with Crippen LogP contribution in [0.1, 0.15) is 49.1 Å². The zero-order valence-electron chi connectivity index (χ0n) is 15.8. The Morgan fingerprint density at radius 1 is 1.07 bits per heavy atom. The number of hydrogen-bond acceptors (Lipinski definition) is 3. The minimum atomic E-state index is -0.0597. The van der Waals surface area contributed by atoms with Crippen LogP contribution in [0.15, 0.2) is 12.1 Å². The van der Waals surface area contributed by atoms with Gasteiger partial charge in [-0.05, 0) is 68.5 Å². The number of rotatable bonds is 3. The molecule has 3 aliphatic rings. The van der Waals surface area contributed by atoms with Crippen LogP contribution in [0.2, 0.25) is 10.0 Å². The first-order valence-corrected chi connectivity index (χ1v) is 12.1. The predicted molar refractivity (Wildman–Crippen MR) is 115 cm³/mol. The van der Waals surface area contributed by atoms with Gasteiger partial charge in [-0.15, -0.1) is 0 Å². The summed E-state index contributed by atoms with van der Waals surface area (Å²) in [7, 11) is 0. The largest absolute Gasteiger partial charge is 0.336 e. The molecule has 1 aromatic rings. The van der Waals surface area contributed by atoms with Crippen LogP contribution in [0.5, 0.6) is 0 Å². The number of likely N-dealkylation sites (tertiary alicyclic amines) is 1. The molecule has 148 valence electrons. The van der Waals surface area contributed by atoms with E-state index < -0.39 is 0 Å². The van der Waals surface area contributed by atoms with Crippen LogP contribution in [-0.2, 0) is 11.2 Å². The van der Waals surface area contributed by atoms with Crippen molar-refractivity contribution in [2.75, 3.05) is 37.7 Å². The normalized spacial score (nSPS) is 26.7. The van der Waals surface area contributed by atoms with E-state index in [-0.39, 0.29) is 5.92 Å². The number of hydrogen-bond donors (Lipinski definition) is 0. The minimum absolute atomic E-state index is 0.0597. The summed E-state index contributed by atoms with van der Waals surface area (Å²) in [4.78, 5) is 18.3. The quantitative estimate of drug-likeness (QED) is 0.690. The summed E-state index contributed by atoms with van der Waals surface area (Å²) in [5.41, 5.74) is 2.31. The number of piperidine rings is 1. The summed E-state index contributed by atoms with van der Waals surface area (Å²) in [5, 5.41) is 1.16. The lowest BCUT2D eigenvalue weighted by atomic mass is 9.81. The SMILES string of the molecule is O=C(C1CCCc2cc(Cl)c(Cl)cc21)N1CCSCC1CN1CCCCC1. The van der Waals surface area contributed by atoms with Crippen molar-refractivity contribution in [2.24, 2.45) is 0 Å². The topological polar surface area (TPSA) is 23.6 Å². The second-order valence-corrected chi connectivity index (χ2v) is 10.00. The van der Waals surface area contributed by atoms with E-state index in [0.29, 0.717) is 22.0 Å². The van der Waals surface area contributed by atoms with Crippen LogP contribution in [0.4, 0.5) is 0 Å². The van der Waals surface area contributed by atoms with Crippen molar-refractivity contribution in [3.8, 4) is 0 Å². The first-order valence-electron chi connectivity index (χ1n) is 10.2. The number of nitrogens with zero attached hydrogens (tertiary/aromatic N) is 2. The monoisotopic (exact) mass is 426 g/mol. The molecule has 4 rings (SSSR count). The molecule has 2 saturated heterocycles. The van der Waals surface area contributed by atoms with Gasteiger partial charge in [-0.3, -0.25) is 4.79 Å². The lowest BCUT2D eigenvalue weighted by molar-refractivity contribution is -0.135. The molecule has 0 aromatic heterocycles. The molecule has 0 N–H and O–H groups in total. The highest BCUT2D eigenvalue weighted by atomic mass is 35.5. The maximum atomic E-state index is 13.6. The Kier molecular flexibility index (Phi) is 6.58. The van der Waals surface area contributed by atoms with Crippen molar-refractivity contribution in [1.29, 1.82) is 0 Å². The molecule has 0 saturated carbocycles. The number of thioether (sulfide) groups is 1. The third kappa shape index (κ3) is 4.44. The van der Waals surface area contributed by atoms with Crippen molar-refractivity contribution in [3.63, 3.8) is 0 Å². The van der Waals surface area contributed by atoms with Gasteiger partial charge in [-0.1, -0.05) is 29.6 Å². The lowest BCUT2D eigenvalue weighted by Crippen LogP contribution is -2.53. The molecule has 2 aliphatic heterocycles. The van der Waals surface area contributed by atoms with Crippen molar-refractivity contribution in [1.82, 2.24) is 9.80 Å². The standard InChI is InChI=1S/C21H28Cl2N2OS/c22-19-11-15-5-4-6-17(18(15)12-20(19)23)21(26)25-9-10-27-14-16(25)13-24-7-2-1-3-8-24/h11-12,16-17H,1-10,13-14H2. The molecule has 0 radical (unpaired) electrons. The van der Waals surface area contributed by atoms with Gasteiger partial charge in [-0.25, -0.2) is 0 Å². The van der Waals surface area contributed by atoms with E-state index in [0.717, 1.165) is 49.4 Å². The molecule has 1 aromatic carbocycles. The maximum absolute atomic E-state index is 13.6. The number of amides is 1. The van der Waals surface area contributed by atoms with Crippen LogP contribution in [0.3, 0.4) is 0 Å². The van der Waals surface area contributed by atoms with Crippen LogP contribution >= 0.6 is 35.0 Å². The Labute approximate surface area is 176 Å². The average molecular weight is 427 g/mol. The summed E-state index contributed by atoms with van der Waals surface area (Å²) in [6.45, 7) is 4.27. The van der Waals surface area contributed by atoms with Crippen LogP contribution < -0.4 is 0 Å². The zero-order chi connectivity index (χ0) is 18.8. The van der Waals surface area contributed by atoms with Gasteiger partial charge in [0.15, 0.2) is 0 Å². The first-order chi connectivity index (χ1) is 13.1. The van der Waals surface area contributed by atoms with E-state index in [9.17, 15) is 4.79 Å². The molecule has 0 bridgehead atoms. The number of carbonyl (C=O) groups is 1. The van der Waals surface area contributed by atoms with Crippen molar-refractivity contribution >= 4 is 40.9 Å². The molecule has 6 heteroatoms. The second kappa shape index (κ2) is 8.94. The van der Waals surface area contributed by atoms with Gasteiger partial charge in [0.1, 0.15) is 0 Å². The Morgan fingerprint density at radius 2 is 1.85 bits per heavy atom. The van der Waals surface area contributed by atoms with Gasteiger partial charge in [-0.2, -0.15) is 11.8 Å². The van der Waals surface area contributed by atoms with Gasteiger partial charge < -0.3 is 9.80 Å². The van der Waals surface area contributed by atoms with Crippen molar-refractivity contribution in [3.05, 3.63) is 33.3 Å². The van der Waals surface area contributed by atoms with Gasteiger partial charge in [0.05, 0.1) is 22.0 Å². The van der Waals surface area contributed by atoms with E-state index in [1.54, 1.807) is 0 Å². The molecular formula is C21H28Cl2N2OS. The number of halogens is 2. The molecule has 2 unspecified atom stereocenters.